The van der Waals surface area contributed by atoms with Crippen molar-refractivity contribution in [2.45, 2.75) is 0 Å². The van der Waals surface area contributed by atoms with E-state index in [1.165, 1.54) is 12.1 Å². The predicted octanol–water partition coefficient (Wildman–Crippen LogP) is 1.82. The summed E-state index contributed by atoms with van der Waals surface area (Å²) >= 11 is 0. The van der Waals surface area contributed by atoms with Crippen LogP contribution in [0.3, 0.4) is 0 Å². The van der Waals surface area contributed by atoms with Gasteiger partial charge >= 0.3 is 0 Å². The number of phenols is 2. The van der Waals surface area contributed by atoms with E-state index in [1.54, 1.807) is 12.1 Å². The number of aromatic hydroxyl groups is 2. The van der Waals surface area contributed by atoms with E-state index in [-0.39, 0.29) is 33.8 Å². The number of fused-ring (bicyclic) bond motifs is 2. The lowest BCUT2D eigenvalue weighted by atomic mass is 9.81. The van der Waals surface area contributed by atoms with Crippen LogP contribution in [0.15, 0.2) is 24.3 Å². The first-order valence-electron chi connectivity index (χ1n) is 9.81. The molecule has 160 valence electrons. The Morgan fingerprint density at radius 3 is 1.37 bits per heavy atom. The smallest absolute Gasteiger partial charge is 0.200 e. The zero-order chi connectivity index (χ0) is 22.0. The lowest BCUT2D eigenvalue weighted by Crippen LogP contribution is -2.27. The van der Waals surface area contributed by atoms with Crippen LogP contribution in [-0.4, -0.2) is 85.9 Å². The number of anilines is 2. The number of hydrogen-bond donors (Lipinski definition) is 4. The van der Waals surface area contributed by atoms with Crippen molar-refractivity contribution in [2.24, 2.45) is 0 Å². The van der Waals surface area contributed by atoms with Gasteiger partial charge in [0.25, 0.3) is 0 Å². The highest BCUT2D eigenvalue weighted by molar-refractivity contribution is 6.33. The molecule has 0 unspecified atom stereocenters. The fourth-order valence-electron chi connectivity index (χ4n) is 3.49. The van der Waals surface area contributed by atoms with Gasteiger partial charge in [0.05, 0.1) is 22.3 Å². The Balaban J connectivity index is 2.06. The van der Waals surface area contributed by atoms with E-state index in [9.17, 15) is 19.8 Å². The molecule has 2 aromatic carbocycles. The largest absolute Gasteiger partial charge is 0.507 e. The molecule has 4 N–H and O–H groups in total. The fraction of sp³-hybridized carbons (Fsp3) is 0.364. The monoisotopic (exact) mass is 412 g/mol. The Bertz CT molecular complexity index is 906. The van der Waals surface area contributed by atoms with Gasteiger partial charge in [-0.2, -0.15) is 0 Å². The van der Waals surface area contributed by atoms with E-state index >= 15 is 0 Å². The molecule has 2 aromatic rings. The maximum atomic E-state index is 13.4. The summed E-state index contributed by atoms with van der Waals surface area (Å²) in [5.41, 5.74) is 1.02. The Labute approximate surface area is 176 Å². The number of phenolic OH excluding ortho intramolecular Hbond substituents is 2. The van der Waals surface area contributed by atoms with Gasteiger partial charge in [-0.1, -0.05) is 0 Å². The number of nitrogens with zero attached hydrogens (tertiary/aromatic N) is 2. The molecule has 30 heavy (non-hydrogen) atoms. The second-order valence-corrected chi connectivity index (χ2v) is 7.88. The summed E-state index contributed by atoms with van der Waals surface area (Å²) in [4.78, 5) is 30.7. The van der Waals surface area contributed by atoms with Crippen molar-refractivity contribution in [3.63, 3.8) is 0 Å². The quantitative estimate of drug-likeness (QED) is 0.415. The first-order valence-corrected chi connectivity index (χ1v) is 9.81. The molecule has 8 heteroatoms. The van der Waals surface area contributed by atoms with Crippen molar-refractivity contribution < 1.29 is 19.8 Å². The second kappa shape index (κ2) is 8.73. The average Bonchev–Trinajstić information content (AvgIpc) is 2.67. The third-order valence-electron chi connectivity index (χ3n) is 5.02. The van der Waals surface area contributed by atoms with Crippen LogP contribution in [0.4, 0.5) is 11.4 Å². The van der Waals surface area contributed by atoms with Crippen LogP contribution in [0.5, 0.6) is 11.5 Å². The van der Waals surface area contributed by atoms with Gasteiger partial charge in [-0.25, -0.2) is 0 Å². The molecule has 0 aromatic heterocycles. The van der Waals surface area contributed by atoms with Gasteiger partial charge in [0.1, 0.15) is 11.5 Å². The van der Waals surface area contributed by atoms with Crippen LogP contribution in [-0.2, 0) is 0 Å². The second-order valence-electron chi connectivity index (χ2n) is 7.88. The Hall–Kier alpha value is -3.10. The molecule has 0 atom stereocenters. The summed E-state index contributed by atoms with van der Waals surface area (Å²) in [6, 6.07) is 5.98. The van der Waals surface area contributed by atoms with E-state index in [0.29, 0.717) is 24.5 Å². The summed E-state index contributed by atoms with van der Waals surface area (Å²) in [7, 11) is 7.73. The van der Waals surface area contributed by atoms with Crippen molar-refractivity contribution in [2.75, 3.05) is 65.0 Å². The van der Waals surface area contributed by atoms with Crippen LogP contribution < -0.4 is 10.6 Å². The molecule has 0 amide bonds. The molecule has 1 aliphatic carbocycles. The Morgan fingerprint density at radius 2 is 1.03 bits per heavy atom. The molecule has 3 rings (SSSR count). The highest BCUT2D eigenvalue weighted by Crippen LogP contribution is 2.42. The van der Waals surface area contributed by atoms with E-state index in [1.807, 2.05) is 38.0 Å². The summed E-state index contributed by atoms with van der Waals surface area (Å²) in [5.74, 6) is -1.49. The SMILES string of the molecule is CN(C)CCNc1ccc(O)c2c1C(=O)c1c(O)ccc(NCCN(C)C)c1C2=O. The minimum absolute atomic E-state index is 0.0383. The maximum Gasteiger partial charge on any atom is 0.200 e. The van der Waals surface area contributed by atoms with Gasteiger partial charge in [0.15, 0.2) is 0 Å². The van der Waals surface area contributed by atoms with Crippen LogP contribution in [0.25, 0.3) is 0 Å². The van der Waals surface area contributed by atoms with Gasteiger partial charge < -0.3 is 30.6 Å². The number of likely N-dealkylation sites (N-methyl/N-ethyl adjacent to an activating group) is 2. The summed E-state index contributed by atoms with van der Waals surface area (Å²) in [6.07, 6.45) is 0. The first-order chi connectivity index (χ1) is 14.2. The van der Waals surface area contributed by atoms with Gasteiger partial charge in [0, 0.05) is 37.6 Å². The van der Waals surface area contributed by atoms with Crippen molar-refractivity contribution in [1.29, 1.82) is 0 Å². The Kier molecular flexibility index (Phi) is 6.28. The van der Waals surface area contributed by atoms with E-state index < -0.39 is 11.6 Å². The zero-order valence-electron chi connectivity index (χ0n) is 17.7. The van der Waals surface area contributed by atoms with Gasteiger partial charge in [-0.05, 0) is 52.5 Å². The summed E-state index contributed by atoms with van der Waals surface area (Å²) in [6.45, 7) is 2.55. The van der Waals surface area contributed by atoms with E-state index in [4.69, 9.17) is 0 Å². The summed E-state index contributed by atoms with van der Waals surface area (Å²) < 4.78 is 0. The first kappa shape index (κ1) is 21.6. The topological polar surface area (TPSA) is 105 Å². The van der Waals surface area contributed by atoms with Crippen molar-refractivity contribution >= 4 is 22.9 Å². The third-order valence-corrected chi connectivity index (χ3v) is 5.02. The normalized spacial score (nSPS) is 12.9. The fourth-order valence-corrected chi connectivity index (χ4v) is 3.49. The number of benzene rings is 2. The molecule has 0 aliphatic heterocycles. The molecule has 0 heterocycles. The third kappa shape index (κ3) is 4.10. The number of carbonyl (C=O) groups excluding carboxylic acids is 2. The number of nitrogens with one attached hydrogen (secondary N) is 2. The molecule has 0 saturated carbocycles. The highest BCUT2D eigenvalue weighted by atomic mass is 16.3. The van der Waals surface area contributed by atoms with E-state index in [0.717, 1.165) is 13.1 Å². The van der Waals surface area contributed by atoms with Crippen LogP contribution >= 0.6 is 0 Å². The maximum absolute atomic E-state index is 13.4. The zero-order valence-corrected chi connectivity index (χ0v) is 17.7. The van der Waals surface area contributed by atoms with Crippen molar-refractivity contribution in [3.05, 3.63) is 46.5 Å². The molecule has 8 nitrogen and oxygen atoms in total. The molecule has 0 fully saturated rings. The van der Waals surface area contributed by atoms with Gasteiger partial charge in [-0.3, -0.25) is 9.59 Å². The minimum Gasteiger partial charge on any atom is -0.507 e. The summed E-state index contributed by atoms with van der Waals surface area (Å²) in [5, 5.41) is 27.2. The molecule has 0 bridgehead atoms. The number of carbonyl (C=O) groups is 2. The molecular weight excluding hydrogens is 384 g/mol. The number of hydrogen-bond acceptors (Lipinski definition) is 8. The molecule has 0 spiro atoms. The molecular formula is C22H28N4O4. The Morgan fingerprint density at radius 1 is 0.667 bits per heavy atom. The van der Waals surface area contributed by atoms with E-state index in [2.05, 4.69) is 10.6 Å². The highest BCUT2D eigenvalue weighted by Gasteiger charge is 2.37. The molecule has 1 aliphatic rings. The van der Waals surface area contributed by atoms with Crippen LogP contribution in [0, 0.1) is 0 Å². The van der Waals surface area contributed by atoms with Crippen molar-refractivity contribution in [1.82, 2.24) is 9.80 Å². The van der Waals surface area contributed by atoms with Crippen LogP contribution in [0.2, 0.25) is 0 Å². The lowest BCUT2D eigenvalue weighted by molar-refractivity contribution is 0.0975. The molecule has 0 radical (unpaired) electrons. The van der Waals surface area contributed by atoms with Gasteiger partial charge in [0.2, 0.25) is 11.6 Å². The minimum atomic E-state index is -0.489. The van der Waals surface area contributed by atoms with Crippen molar-refractivity contribution in [3.8, 4) is 11.5 Å². The number of rotatable bonds is 8. The molecule has 0 saturated heterocycles. The average molecular weight is 412 g/mol. The van der Waals surface area contributed by atoms with Gasteiger partial charge in [-0.15, -0.1) is 0 Å². The van der Waals surface area contributed by atoms with Crippen LogP contribution in [0.1, 0.15) is 31.8 Å². The lowest BCUT2D eigenvalue weighted by Gasteiger charge is -2.25. The predicted molar refractivity (Wildman–Crippen MR) is 117 cm³/mol. The number of ketones is 2. The standard InChI is InChI=1S/C22H28N4O4/c1-25(2)11-9-23-13-5-7-15(27)19-17(13)21(29)20-16(28)8-6-14(18(20)22(19)30)24-10-12-26(3)4/h5-8,23-24,27-28H,9-12H2,1-4H3.